The maximum Gasteiger partial charge on any atom is 0.226 e. The Hall–Kier alpha value is -2.24. The molecule has 94 valence electrons. The zero-order valence-electron chi connectivity index (χ0n) is 10.00. The molecule has 0 amide bonds. The summed E-state index contributed by atoms with van der Waals surface area (Å²) in [5, 5.41) is 3.80. The van der Waals surface area contributed by atoms with Crippen molar-refractivity contribution in [1.29, 1.82) is 0 Å². The topological polar surface area (TPSA) is 78.1 Å². The van der Waals surface area contributed by atoms with Crippen LogP contribution >= 0.6 is 0 Å². The van der Waals surface area contributed by atoms with E-state index >= 15 is 0 Å². The highest BCUT2D eigenvalue weighted by molar-refractivity contribution is 5.71. The van der Waals surface area contributed by atoms with E-state index in [1.165, 1.54) is 6.20 Å². The average molecular weight is 247 g/mol. The molecule has 0 aromatic carbocycles. The van der Waals surface area contributed by atoms with Crippen molar-refractivity contribution < 1.29 is 14.1 Å². The number of hydrogen-bond acceptors (Lipinski definition) is 6. The van der Waals surface area contributed by atoms with Gasteiger partial charge < -0.3 is 9.26 Å². The minimum Gasteiger partial charge on any atom is -0.484 e. The van der Waals surface area contributed by atoms with E-state index in [1.54, 1.807) is 12.1 Å². The molecule has 0 spiro atoms. The second kappa shape index (κ2) is 5.90. The fourth-order valence-electron chi connectivity index (χ4n) is 1.36. The van der Waals surface area contributed by atoms with Crippen LogP contribution in [0.4, 0.5) is 0 Å². The Balaban J connectivity index is 1.91. The predicted octanol–water partition coefficient (Wildman–Crippen LogP) is 1.81. The second-order valence-electron chi connectivity index (χ2n) is 3.68. The van der Waals surface area contributed by atoms with Crippen molar-refractivity contribution in [2.24, 2.45) is 0 Å². The molecule has 0 fully saturated rings. The summed E-state index contributed by atoms with van der Waals surface area (Å²) < 4.78 is 10.4. The second-order valence-corrected chi connectivity index (χ2v) is 3.68. The lowest BCUT2D eigenvalue weighted by Gasteiger charge is -2.01. The van der Waals surface area contributed by atoms with E-state index in [0.29, 0.717) is 29.4 Å². The van der Waals surface area contributed by atoms with E-state index in [9.17, 15) is 4.79 Å². The number of aldehydes is 1. The first-order chi connectivity index (χ1) is 8.81. The highest BCUT2D eigenvalue weighted by Crippen LogP contribution is 2.10. The highest BCUT2D eigenvalue weighted by Gasteiger charge is 2.06. The van der Waals surface area contributed by atoms with Gasteiger partial charge in [-0.05, 0) is 18.6 Å². The summed E-state index contributed by atoms with van der Waals surface area (Å²) in [5.41, 5.74) is 0.368. The van der Waals surface area contributed by atoms with Crippen molar-refractivity contribution >= 4 is 6.29 Å². The van der Waals surface area contributed by atoms with Crippen LogP contribution in [-0.2, 0) is 13.0 Å². The Morgan fingerprint density at radius 1 is 1.44 bits per heavy atom. The van der Waals surface area contributed by atoms with E-state index in [0.717, 1.165) is 12.8 Å². The smallest absolute Gasteiger partial charge is 0.226 e. The van der Waals surface area contributed by atoms with Crippen molar-refractivity contribution in [3.63, 3.8) is 0 Å². The first-order valence-corrected chi connectivity index (χ1v) is 5.67. The quantitative estimate of drug-likeness (QED) is 0.724. The number of pyridine rings is 1. The van der Waals surface area contributed by atoms with Crippen molar-refractivity contribution in [2.45, 2.75) is 26.4 Å². The molecule has 0 bridgehead atoms. The Bertz CT molecular complexity index is 508. The van der Waals surface area contributed by atoms with Gasteiger partial charge in [0.1, 0.15) is 11.4 Å². The van der Waals surface area contributed by atoms with Gasteiger partial charge in [0.2, 0.25) is 11.7 Å². The third-order valence-electron chi connectivity index (χ3n) is 2.22. The van der Waals surface area contributed by atoms with Crippen molar-refractivity contribution in [3.8, 4) is 5.75 Å². The molecule has 0 saturated heterocycles. The third kappa shape index (κ3) is 3.13. The predicted molar refractivity (Wildman–Crippen MR) is 62.2 cm³/mol. The van der Waals surface area contributed by atoms with Crippen LogP contribution in [0.3, 0.4) is 0 Å². The Morgan fingerprint density at radius 2 is 2.33 bits per heavy atom. The number of aromatic nitrogens is 3. The van der Waals surface area contributed by atoms with Gasteiger partial charge in [-0.3, -0.25) is 4.79 Å². The number of ether oxygens (including phenoxy) is 1. The van der Waals surface area contributed by atoms with Gasteiger partial charge in [0.05, 0.1) is 6.20 Å². The molecule has 0 aliphatic heterocycles. The minimum absolute atomic E-state index is 0.218. The number of nitrogens with zero attached hydrogens (tertiary/aromatic N) is 3. The number of aryl methyl sites for hydroxylation is 1. The summed E-state index contributed by atoms with van der Waals surface area (Å²) in [6.45, 7) is 2.26. The van der Waals surface area contributed by atoms with Gasteiger partial charge in [0.25, 0.3) is 0 Å². The zero-order chi connectivity index (χ0) is 12.8. The number of carbonyl (C=O) groups excluding carboxylic acids is 1. The SMILES string of the molecule is CCCc1nc(COc2ccc(C=O)nc2)no1. The highest BCUT2D eigenvalue weighted by atomic mass is 16.5. The summed E-state index contributed by atoms with van der Waals surface area (Å²) in [6, 6.07) is 3.25. The molecular formula is C12H13N3O3. The van der Waals surface area contributed by atoms with Crippen molar-refractivity contribution in [1.82, 2.24) is 15.1 Å². The molecule has 0 unspecified atom stereocenters. The number of rotatable bonds is 6. The lowest BCUT2D eigenvalue weighted by atomic mass is 10.3. The first kappa shape index (κ1) is 12.2. The van der Waals surface area contributed by atoms with Crippen LogP contribution in [0.15, 0.2) is 22.9 Å². The van der Waals surface area contributed by atoms with Gasteiger partial charge in [-0.1, -0.05) is 12.1 Å². The summed E-state index contributed by atoms with van der Waals surface area (Å²) in [4.78, 5) is 18.5. The summed E-state index contributed by atoms with van der Waals surface area (Å²) in [7, 11) is 0. The van der Waals surface area contributed by atoms with Gasteiger partial charge in [-0.25, -0.2) is 4.98 Å². The van der Waals surface area contributed by atoms with Crippen LogP contribution in [0.1, 0.15) is 35.5 Å². The molecule has 2 rings (SSSR count). The maximum absolute atomic E-state index is 10.4. The van der Waals surface area contributed by atoms with Gasteiger partial charge in [0, 0.05) is 6.42 Å². The minimum atomic E-state index is 0.218. The van der Waals surface area contributed by atoms with Crippen LogP contribution in [-0.4, -0.2) is 21.4 Å². The molecule has 2 aromatic heterocycles. The Morgan fingerprint density at radius 3 is 3.00 bits per heavy atom. The molecule has 2 heterocycles. The Kier molecular flexibility index (Phi) is 4.01. The van der Waals surface area contributed by atoms with Crippen molar-refractivity contribution in [2.75, 3.05) is 0 Å². The standard InChI is InChI=1S/C12H13N3O3/c1-2-3-12-14-11(15-18-12)8-17-10-5-4-9(7-16)13-6-10/h4-7H,2-3,8H2,1H3. The van der Waals surface area contributed by atoms with E-state index < -0.39 is 0 Å². The normalized spacial score (nSPS) is 10.3. The van der Waals surface area contributed by atoms with Gasteiger partial charge in [-0.2, -0.15) is 4.98 Å². The Labute approximate surface area is 104 Å². The maximum atomic E-state index is 10.4. The molecule has 0 N–H and O–H groups in total. The summed E-state index contributed by atoms with van der Waals surface area (Å²) >= 11 is 0. The number of hydrogen-bond donors (Lipinski definition) is 0. The van der Waals surface area contributed by atoms with Crippen LogP contribution in [0.2, 0.25) is 0 Å². The molecular weight excluding hydrogens is 234 g/mol. The molecule has 0 radical (unpaired) electrons. The van der Waals surface area contributed by atoms with E-state index in [-0.39, 0.29) is 6.61 Å². The van der Waals surface area contributed by atoms with Crippen LogP contribution < -0.4 is 4.74 Å². The van der Waals surface area contributed by atoms with Gasteiger partial charge >= 0.3 is 0 Å². The summed E-state index contributed by atoms with van der Waals surface area (Å²) in [5.74, 6) is 1.67. The number of carbonyl (C=O) groups is 1. The van der Waals surface area contributed by atoms with Crippen LogP contribution in [0.25, 0.3) is 0 Å². The molecule has 0 saturated carbocycles. The third-order valence-corrected chi connectivity index (χ3v) is 2.22. The molecule has 6 nitrogen and oxygen atoms in total. The van der Waals surface area contributed by atoms with E-state index in [1.807, 2.05) is 6.92 Å². The van der Waals surface area contributed by atoms with Crippen LogP contribution in [0, 0.1) is 0 Å². The van der Waals surface area contributed by atoms with E-state index in [2.05, 4.69) is 15.1 Å². The van der Waals surface area contributed by atoms with E-state index in [4.69, 9.17) is 9.26 Å². The molecule has 18 heavy (non-hydrogen) atoms. The molecule has 0 aliphatic rings. The molecule has 2 aromatic rings. The zero-order valence-corrected chi connectivity index (χ0v) is 10.00. The lowest BCUT2D eigenvalue weighted by Crippen LogP contribution is -1.98. The molecule has 0 atom stereocenters. The van der Waals surface area contributed by atoms with Gasteiger partial charge in [-0.15, -0.1) is 0 Å². The fourth-order valence-corrected chi connectivity index (χ4v) is 1.36. The van der Waals surface area contributed by atoms with Crippen LogP contribution in [0.5, 0.6) is 5.75 Å². The fraction of sp³-hybridized carbons (Fsp3) is 0.333. The average Bonchev–Trinajstić information content (AvgIpc) is 2.85. The molecule has 0 aliphatic carbocycles. The lowest BCUT2D eigenvalue weighted by molar-refractivity contribution is 0.111. The molecule has 6 heteroatoms. The van der Waals surface area contributed by atoms with Crippen molar-refractivity contribution in [3.05, 3.63) is 35.7 Å². The summed E-state index contributed by atoms with van der Waals surface area (Å²) in [6.07, 6.45) is 3.89. The first-order valence-electron chi connectivity index (χ1n) is 5.67. The van der Waals surface area contributed by atoms with Gasteiger partial charge in [0.15, 0.2) is 12.9 Å². The monoisotopic (exact) mass is 247 g/mol. The largest absolute Gasteiger partial charge is 0.484 e.